The van der Waals surface area contributed by atoms with Gasteiger partial charge in [-0.2, -0.15) is 0 Å². The zero-order valence-electron chi connectivity index (χ0n) is 20.3. The topological polar surface area (TPSA) is 49.9 Å². The molecule has 2 aromatic carbocycles. The lowest BCUT2D eigenvalue weighted by Crippen LogP contribution is -2.42. The van der Waals surface area contributed by atoms with Crippen LogP contribution in [0.25, 0.3) is 0 Å². The number of fused-ring (bicyclic) bond motifs is 1. The van der Waals surface area contributed by atoms with Gasteiger partial charge in [-0.05, 0) is 75.3 Å². The van der Waals surface area contributed by atoms with Crippen molar-refractivity contribution in [1.82, 2.24) is 9.80 Å². The number of carbonyl (C=O) groups is 2. The summed E-state index contributed by atoms with van der Waals surface area (Å²) < 4.78 is 6.24. The van der Waals surface area contributed by atoms with Gasteiger partial charge in [0, 0.05) is 25.6 Å². The first kappa shape index (κ1) is 23.3. The van der Waals surface area contributed by atoms with E-state index in [0.717, 1.165) is 36.9 Å². The average Bonchev–Trinajstić information content (AvgIpc) is 3.68. The molecule has 2 amide bonds. The van der Waals surface area contributed by atoms with E-state index in [2.05, 4.69) is 48.2 Å². The van der Waals surface area contributed by atoms with Gasteiger partial charge >= 0.3 is 0 Å². The van der Waals surface area contributed by atoms with Crippen LogP contribution in [0.3, 0.4) is 0 Å². The molecule has 1 aliphatic heterocycles. The van der Waals surface area contributed by atoms with Gasteiger partial charge in [0.15, 0.2) is 6.10 Å². The van der Waals surface area contributed by atoms with Gasteiger partial charge in [-0.1, -0.05) is 42.8 Å². The largest absolute Gasteiger partial charge is 0.481 e. The van der Waals surface area contributed by atoms with Crippen LogP contribution in [0.5, 0.6) is 5.75 Å². The fourth-order valence-electron chi connectivity index (χ4n) is 4.79. The van der Waals surface area contributed by atoms with Crippen molar-refractivity contribution in [2.24, 2.45) is 5.92 Å². The predicted octanol–water partition coefficient (Wildman–Crippen LogP) is 4.90. The summed E-state index contributed by atoms with van der Waals surface area (Å²) in [5, 5.41) is 0. The van der Waals surface area contributed by atoms with Crippen LogP contribution >= 0.6 is 0 Å². The number of ether oxygens (including phenoxy) is 1. The van der Waals surface area contributed by atoms with Crippen molar-refractivity contribution in [2.75, 3.05) is 19.6 Å². The molecular weight excluding hydrogens is 412 g/mol. The highest BCUT2D eigenvalue weighted by Gasteiger charge is 2.39. The molecular formula is C28H36N2O3. The molecule has 1 aliphatic carbocycles. The van der Waals surface area contributed by atoms with Crippen molar-refractivity contribution < 1.29 is 14.3 Å². The summed E-state index contributed by atoms with van der Waals surface area (Å²) in [4.78, 5) is 30.0. The Kier molecular flexibility index (Phi) is 7.06. The average molecular weight is 449 g/mol. The van der Waals surface area contributed by atoms with Crippen LogP contribution in [0.2, 0.25) is 0 Å². The molecule has 0 N–H and O–H groups in total. The van der Waals surface area contributed by atoms with E-state index in [1.807, 2.05) is 31.7 Å². The highest BCUT2D eigenvalue weighted by atomic mass is 16.5. The zero-order chi connectivity index (χ0) is 23.5. The highest BCUT2D eigenvalue weighted by molar-refractivity contribution is 5.82. The van der Waals surface area contributed by atoms with Crippen molar-refractivity contribution in [2.45, 2.75) is 65.5 Å². The summed E-state index contributed by atoms with van der Waals surface area (Å²) >= 11 is 0. The second-order valence-corrected chi connectivity index (χ2v) is 9.26. The maximum atomic E-state index is 13.2. The lowest BCUT2D eigenvalue weighted by molar-refractivity contribution is -0.138. The molecule has 1 fully saturated rings. The first-order valence-corrected chi connectivity index (χ1v) is 12.4. The van der Waals surface area contributed by atoms with E-state index < -0.39 is 6.10 Å². The molecule has 0 aromatic heterocycles. The molecule has 5 heteroatoms. The summed E-state index contributed by atoms with van der Waals surface area (Å²) in [6.45, 7) is 10.1. The summed E-state index contributed by atoms with van der Waals surface area (Å²) in [5.74, 6) is 1.16. The summed E-state index contributed by atoms with van der Waals surface area (Å²) in [5.41, 5.74) is 4.68. The van der Waals surface area contributed by atoms with Gasteiger partial charge in [0.05, 0.1) is 6.04 Å². The maximum Gasteiger partial charge on any atom is 0.263 e. The van der Waals surface area contributed by atoms with E-state index in [4.69, 9.17) is 4.74 Å². The van der Waals surface area contributed by atoms with Crippen LogP contribution in [-0.4, -0.2) is 47.4 Å². The fraction of sp³-hybridized carbons (Fsp3) is 0.500. The fourth-order valence-corrected chi connectivity index (χ4v) is 4.79. The van der Waals surface area contributed by atoms with Crippen LogP contribution in [0.1, 0.15) is 68.3 Å². The van der Waals surface area contributed by atoms with Gasteiger partial charge in [0.1, 0.15) is 5.75 Å². The van der Waals surface area contributed by atoms with E-state index in [9.17, 15) is 9.59 Å². The molecule has 1 heterocycles. The SMILES string of the molecule is CC[C@@H](Oc1ccc2c(c1)[C@@H](c1ccc(C)cc1)N(C(=O)C1CC1)CC2)C(=O)N(CC)CC. The monoisotopic (exact) mass is 448 g/mol. The Morgan fingerprint density at radius 2 is 1.76 bits per heavy atom. The van der Waals surface area contributed by atoms with E-state index in [1.165, 1.54) is 11.1 Å². The molecule has 33 heavy (non-hydrogen) atoms. The number of aryl methyl sites for hydroxylation is 1. The minimum atomic E-state index is -0.506. The van der Waals surface area contributed by atoms with Crippen molar-refractivity contribution in [3.63, 3.8) is 0 Å². The first-order chi connectivity index (χ1) is 16.0. The number of rotatable bonds is 8. The van der Waals surface area contributed by atoms with Gasteiger partial charge < -0.3 is 14.5 Å². The summed E-state index contributed by atoms with van der Waals surface area (Å²) in [6.07, 6.45) is 2.94. The Labute approximate surface area is 197 Å². The third kappa shape index (κ3) is 4.92. The Hall–Kier alpha value is -2.82. The molecule has 0 bridgehead atoms. The predicted molar refractivity (Wildman–Crippen MR) is 130 cm³/mol. The second kappa shape index (κ2) is 9.98. The molecule has 2 atom stereocenters. The number of hydrogen-bond acceptors (Lipinski definition) is 3. The lowest BCUT2D eigenvalue weighted by atomic mass is 9.87. The minimum absolute atomic E-state index is 0.0286. The van der Waals surface area contributed by atoms with Crippen LogP contribution in [0, 0.1) is 12.8 Å². The number of carbonyl (C=O) groups excluding carboxylic acids is 2. The molecule has 4 rings (SSSR count). The van der Waals surface area contributed by atoms with Gasteiger partial charge in [-0.15, -0.1) is 0 Å². The normalized spacial score (nSPS) is 18.4. The highest BCUT2D eigenvalue weighted by Crippen LogP contribution is 2.41. The second-order valence-electron chi connectivity index (χ2n) is 9.26. The van der Waals surface area contributed by atoms with Gasteiger partial charge in [0.25, 0.3) is 5.91 Å². The Bertz CT molecular complexity index is 993. The lowest BCUT2D eigenvalue weighted by Gasteiger charge is -2.38. The van der Waals surface area contributed by atoms with Gasteiger partial charge in [-0.3, -0.25) is 9.59 Å². The van der Waals surface area contributed by atoms with Crippen LogP contribution < -0.4 is 4.74 Å². The Morgan fingerprint density at radius 1 is 1.06 bits per heavy atom. The number of amides is 2. The molecule has 5 nitrogen and oxygen atoms in total. The van der Waals surface area contributed by atoms with Crippen LogP contribution in [0.4, 0.5) is 0 Å². The van der Waals surface area contributed by atoms with Crippen LogP contribution in [0.15, 0.2) is 42.5 Å². The van der Waals surface area contributed by atoms with Crippen molar-refractivity contribution in [1.29, 1.82) is 0 Å². The van der Waals surface area contributed by atoms with E-state index in [-0.39, 0.29) is 23.8 Å². The van der Waals surface area contributed by atoms with Crippen molar-refractivity contribution in [3.05, 3.63) is 64.7 Å². The zero-order valence-corrected chi connectivity index (χ0v) is 20.3. The van der Waals surface area contributed by atoms with Crippen LogP contribution in [-0.2, 0) is 16.0 Å². The van der Waals surface area contributed by atoms with Crippen molar-refractivity contribution in [3.8, 4) is 5.75 Å². The number of nitrogens with zero attached hydrogens (tertiary/aromatic N) is 2. The third-order valence-electron chi connectivity index (χ3n) is 6.95. The maximum absolute atomic E-state index is 13.2. The standard InChI is InChI=1S/C28H36N2O3/c1-5-25(28(32)29(6-2)7-3)33-23-15-14-20-16-17-30(27(31)22-12-13-22)26(24(20)18-23)21-10-8-19(4)9-11-21/h8-11,14-15,18,22,25-26H,5-7,12-13,16-17H2,1-4H3/t25-,26-/m1/s1. The molecule has 2 aliphatic rings. The summed E-state index contributed by atoms with van der Waals surface area (Å²) in [7, 11) is 0. The quantitative estimate of drug-likeness (QED) is 0.577. The smallest absolute Gasteiger partial charge is 0.263 e. The number of benzene rings is 2. The molecule has 0 unspecified atom stereocenters. The summed E-state index contributed by atoms with van der Waals surface area (Å²) in [6, 6.07) is 14.5. The Morgan fingerprint density at radius 3 is 2.36 bits per heavy atom. The number of likely N-dealkylation sites (N-methyl/N-ethyl adjacent to an activating group) is 1. The first-order valence-electron chi connectivity index (χ1n) is 12.4. The number of hydrogen-bond donors (Lipinski definition) is 0. The molecule has 0 radical (unpaired) electrons. The van der Waals surface area contributed by atoms with E-state index in [0.29, 0.717) is 25.3 Å². The minimum Gasteiger partial charge on any atom is -0.481 e. The van der Waals surface area contributed by atoms with Gasteiger partial charge in [-0.25, -0.2) is 0 Å². The third-order valence-corrected chi connectivity index (χ3v) is 6.95. The van der Waals surface area contributed by atoms with E-state index in [1.54, 1.807) is 0 Å². The molecule has 176 valence electrons. The van der Waals surface area contributed by atoms with E-state index >= 15 is 0 Å². The molecule has 1 saturated carbocycles. The molecule has 0 spiro atoms. The van der Waals surface area contributed by atoms with Gasteiger partial charge in [0.2, 0.25) is 5.91 Å². The Balaban J connectivity index is 1.68. The molecule has 0 saturated heterocycles. The molecule has 2 aromatic rings. The van der Waals surface area contributed by atoms with Crippen molar-refractivity contribution >= 4 is 11.8 Å².